The predicted octanol–water partition coefficient (Wildman–Crippen LogP) is 1.79. The Balaban J connectivity index is 2.26. The van der Waals surface area contributed by atoms with Crippen LogP contribution in [-0.2, 0) is 0 Å². The van der Waals surface area contributed by atoms with Crippen LogP contribution >= 0.6 is 0 Å². The zero-order valence-electron chi connectivity index (χ0n) is 11.6. The first kappa shape index (κ1) is 13.5. The molecule has 0 aromatic heterocycles. The molecule has 0 amide bonds. The van der Waals surface area contributed by atoms with Crippen LogP contribution in [0.3, 0.4) is 0 Å². The quantitative estimate of drug-likeness (QED) is 0.856. The van der Waals surface area contributed by atoms with Crippen molar-refractivity contribution in [2.45, 2.75) is 38.5 Å². The first-order valence-corrected chi connectivity index (χ1v) is 6.73. The molecule has 0 radical (unpaired) electrons. The molecule has 2 rings (SSSR count). The van der Waals surface area contributed by atoms with Crippen LogP contribution in [0.2, 0.25) is 0 Å². The molecule has 100 valence electrons. The van der Waals surface area contributed by atoms with Crippen LogP contribution < -0.4 is 5.32 Å². The fourth-order valence-corrected chi connectivity index (χ4v) is 2.90. The molecule has 1 saturated heterocycles. The van der Waals surface area contributed by atoms with Crippen molar-refractivity contribution in [1.29, 1.82) is 0 Å². The molecule has 1 aliphatic heterocycles. The Morgan fingerprint density at radius 1 is 1.33 bits per heavy atom. The van der Waals surface area contributed by atoms with Crippen molar-refractivity contribution in [3.8, 4) is 0 Å². The third-order valence-electron chi connectivity index (χ3n) is 3.55. The highest BCUT2D eigenvalue weighted by Gasteiger charge is 2.35. The minimum absolute atomic E-state index is 0.0586. The molecule has 1 fully saturated rings. The number of benzene rings is 1. The molecule has 1 heterocycles. The molecular formula is C15H24N2O. The third kappa shape index (κ3) is 3.10. The lowest BCUT2D eigenvalue weighted by Crippen LogP contribution is -2.54. The Morgan fingerprint density at radius 3 is 2.56 bits per heavy atom. The molecule has 3 nitrogen and oxygen atoms in total. The number of nitrogens with one attached hydrogen (secondary N) is 1. The van der Waals surface area contributed by atoms with Gasteiger partial charge in [-0.3, -0.25) is 4.90 Å². The Labute approximate surface area is 110 Å². The van der Waals surface area contributed by atoms with Gasteiger partial charge in [-0.25, -0.2) is 0 Å². The summed E-state index contributed by atoms with van der Waals surface area (Å²) in [4.78, 5) is 2.39. The lowest BCUT2D eigenvalue weighted by atomic mass is 9.89. The molecule has 3 heteroatoms. The molecule has 1 aromatic rings. The summed E-state index contributed by atoms with van der Waals surface area (Å²) in [7, 11) is 0. The van der Waals surface area contributed by atoms with Crippen molar-refractivity contribution in [3.63, 3.8) is 0 Å². The first-order valence-electron chi connectivity index (χ1n) is 6.73. The average Bonchev–Trinajstić information content (AvgIpc) is 2.28. The van der Waals surface area contributed by atoms with Crippen LogP contribution in [0.25, 0.3) is 0 Å². The van der Waals surface area contributed by atoms with Crippen molar-refractivity contribution in [2.24, 2.45) is 0 Å². The number of nitrogens with zero attached hydrogens (tertiary/aromatic N) is 1. The van der Waals surface area contributed by atoms with Gasteiger partial charge in [0.1, 0.15) is 0 Å². The van der Waals surface area contributed by atoms with E-state index >= 15 is 0 Å². The molecule has 2 N–H and O–H groups in total. The van der Waals surface area contributed by atoms with E-state index in [-0.39, 0.29) is 6.04 Å². The highest BCUT2D eigenvalue weighted by Crippen LogP contribution is 2.32. The van der Waals surface area contributed by atoms with Crippen molar-refractivity contribution in [3.05, 3.63) is 35.9 Å². The van der Waals surface area contributed by atoms with E-state index in [4.69, 9.17) is 0 Å². The van der Waals surface area contributed by atoms with Crippen molar-refractivity contribution >= 4 is 0 Å². The first-order chi connectivity index (χ1) is 8.48. The van der Waals surface area contributed by atoms with Gasteiger partial charge in [0.15, 0.2) is 0 Å². The summed E-state index contributed by atoms with van der Waals surface area (Å²) in [5.41, 5.74) is 0.456. The van der Waals surface area contributed by atoms with Crippen molar-refractivity contribution in [2.75, 3.05) is 19.6 Å². The standard InChI is InChI=1S/C15H24N2O/c1-12-11-17(10-9-16-12)14(15(2,3)18)13-7-5-4-6-8-13/h4-8,12,14,16,18H,9-11H2,1-3H3/t12-,14+/m1/s1. The van der Waals surface area contributed by atoms with Gasteiger partial charge in [0.2, 0.25) is 0 Å². The number of hydrogen-bond donors (Lipinski definition) is 2. The van der Waals surface area contributed by atoms with Gasteiger partial charge in [-0.15, -0.1) is 0 Å². The second-order valence-electron chi connectivity index (χ2n) is 5.82. The molecule has 0 unspecified atom stereocenters. The molecule has 0 bridgehead atoms. The SMILES string of the molecule is C[C@@H]1CN([C@@H](c2ccccc2)C(C)(C)O)CCN1. The molecule has 0 spiro atoms. The average molecular weight is 248 g/mol. The molecule has 1 aromatic carbocycles. The highest BCUT2D eigenvalue weighted by atomic mass is 16.3. The largest absolute Gasteiger partial charge is 0.388 e. The summed E-state index contributed by atoms with van der Waals surface area (Å²) in [6, 6.07) is 10.9. The smallest absolute Gasteiger partial charge is 0.0787 e. The van der Waals surface area contributed by atoms with Gasteiger partial charge in [0.25, 0.3) is 0 Å². The zero-order valence-corrected chi connectivity index (χ0v) is 11.6. The van der Waals surface area contributed by atoms with E-state index in [2.05, 4.69) is 29.3 Å². The summed E-state index contributed by atoms with van der Waals surface area (Å²) in [5, 5.41) is 14.0. The summed E-state index contributed by atoms with van der Waals surface area (Å²) >= 11 is 0. The van der Waals surface area contributed by atoms with Crippen LogP contribution in [0.4, 0.5) is 0 Å². The maximum Gasteiger partial charge on any atom is 0.0787 e. The summed E-state index contributed by atoms with van der Waals surface area (Å²) in [5.74, 6) is 0. The van der Waals surface area contributed by atoms with Gasteiger partial charge in [-0.1, -0.05) is 30.3 Å². The van der Waals surface area contributed by atoms with Gasteiger partial charge in [0.05, 0.1) is 11.6 Å². The summed E-state index contributed by atoms with van der Waals surface area (Å²) in [6.45, 7) is 8.94. The normalized spacial score (nSPS) is 23.9. The van der Waals surface area contributed by atoms with Crippen LogP contribution in [0.1, 0.15) is 32.4 Å². The topological polar surface area (TPSA) is 35.5 Å². The fourth-order valence-electron chi connectivity index (χ4n) is 2.90. The second-order valence-corrected chi connectivity index (χ2v) is 5.82. The lowest BCUT2D eigenvalue weighted by Gasteiger charge is -2.43. The summed E-state index contributed by atoms with van der Waals surface area (Å²) in [6.07, 6.45) is 0. The van der Waals surface area contributed by atoms with Gasteiger partial charge in [0, 0.05) is 25.7 Å². The van der Waals surface area contributed by atoms with E-state index < -0.39 is 5.60 Å². The van der Waals surface area contributed by atoms with E-state index in [1.807, 2.05) is 32.0 Å². The predicted molar refractivity (Wildman–Crippen MR) is 74.5 cm³/mol. The fraction of sp³-hybridized carbons (Fsp3) is 0.600. The van der Waals surface area contributed by atoms with Gasteiger partial charge < -0.3 is 10.4 Å². The Morgan fingerprint density at radius 2 is 2.00 bits per heavy atom. The van der Waals surface area contributed by atoms with E-state index in [0.717, 1.165) is 19.6 Å². The van der Waals surface area contributed by atoms with E-state index in [9.17, 15) is 5.11 Å². The van der Waals surface area contributed by atoms with Crippen LogP contribution in [-0.4, -0.2) is 41.3 Å². The lowest BCUT2D eigenvalue weighted by molar-refractivity contribution is -0.0302. The molecule has 18 heavy (non-hydrogen) atoms. The minimum Gasteiger partial charge on any atom is -0.388 e. The van der Waals surface area contributed by atoms with Crippen molar-refractivity contribution < 1.29 is 5.11 Å². The zero-order chi connectivity index (χ0) is 13.2. The molecule has 0 saturated carbocycles. The Bertz CT molecular complexity index is 372. The van der Waals surface area contributed by atoms with Gasteiger partial charge >= 0.3 is 0 Å². The number of hydrogen-bond acceptors (Lipinski definition) is 3. The van der Waals surface area contributed by atoms with Crippen LogP contribution in [0, 0.1) is 0 Å². The van der Waals surface area contributed by atoms with E-state index in [0.29, 0.717) is 6.04 Å². The third-order valence-corrected chi connectivity index (χ3v) is 3.55. The molecule has 2 atom stereocenters. The van der Waals surface area contributed by atoms with Crippen LogP contribution in [0.15, 0.2) is 30.3 Å². The Kier molecular flexibility index (Phi) is 4.05. The van der Waals surface area contributed by atoms with Gasteiger partial charge in [-0.2, -0.15) is 0 Å². The number of rotatable bonds is 3. The molecule has 0 aliphatic carbocycles. The highest BCUT2D eigenvalue weighted by molar-refractivity contribution is 5.22. The van der Waals surface area contributed by atoms with E-state index in [1.165, 1.54) is 5.56 Å². The second kappa shape index (κ2) is 5.39. The van der Waals surface area contributed by atoms with Gasteiger partial charge in [-0.05, 0) is 26.3 Å². The molecular weight excluding hydrogens is 224 g/mol. The molecule has 1 aliphatic rings. The number of aliphatic hydroxyl groups is 1. The maximum atomic E-state index is 10.5. The van der Waals surface area contributed by atoms with Crippen molar-refractivity contribution in [1.82, 2.24) is 10.2 Å². The minimum atomic E-state index is -0.738. The monoisotopic (exact) mass is 248 g/mol. The summed E-state index contributed by atoms with van der Waals surface area (Å²) < 4.78 is 0. The maximum absolute atomic E-state index is 10.5. The van der Waals surface area contributed by atoms with Crippen LogP contribution in [0.5, 0.6) is 0 Å². The van der Waals surface area contributed by atoms with E-state index in [1.54, 1.807) is 0 Å². The number of piperazine rings is 1. The Hall–Kier alpha value is -0.900.